The number of aliphatic hydroxyl groups excluding tert-OH is 1. The number of benzene rings is 2. The summed E-state index contributed by atoms with van der Waals surface area (Å²) in [6, 6.07) is 12.3. The molecule has 5 nitrogen and oxygen atoms in total. The number of halogens is 2. The molecule has 0 bridgehead atoms. The van der Waals surface area contributed by atoms with Gasteiger partial charge in [-0.25, -0.2) is 8.78 Å². The van der Waals surface area contributed by atoms with Gasteiger partial charge in [-0.15, -0.1) is 11.8 Å². The summed E-state index contributed by atoms with van der Waals surface area (Å²) in [5.74, 6) is -0.983. The van der Waals surface area contributed by atoms with Crippen molar-refractivity contribution in [1.29, 1.82) is 0 Å². The number of pyridine rings is 1. The maximum atomic E-state index is 13.8. The van der Waals surface area contributed by atoms with Crippen LogP contribution in [0.3, 0.4) is 0 Å². The number of hydrogen-bond donors (Lipinski definition) is 3. The molecule has 0 aliphatic heterocycles. The third kappa shape index (κ3) is 8.42. The minimum absolute atomic E-state index is 0.0609. The molecule has 8 heteroatoms. The number of nitrogens with one attached hydrogen (secondary N) is 2. The Morgan fingerprint density at radius 1 is 1.03 bits per heavy atom. The smallest absolute Gasteiger partial charge is 0.253 e. The van der Waals surface area contributed by atoms with Crippen LogP contribution in [0.15, 0.2) is 65.8 Å². The number of carbonyl (C=O) groups excluding carboxylic acids is 1. The fourth-order valence-electron chi connectivity index (χ4n) is 3.77. The third-order valence-electron chi connectivity index (χ3n) is 5.53. The van der Waals surface area contributed by atoms with Crippen LogP contribution in [0.25, 0.3) is 0 Å². The number of carbonyl (C=O) groups is 1. The zero-order chi connectivity index (χ0) is 25.2. The minimum atomic E-state index is -0.999. The number of nitrogens with zero attached hydrogens (tertiary/aromatic N) is 1. The highest BCUT2D eigenvalue weighted by Crippen LogP contribution is 2.18. The normalized spacial score (nSPS) is 12.8. The molecule has 1 amide bonds. The molecule has 0 saturated carbocycles. The first-order valence-corrected chi connectivity index (χ1v) is 12.7. The molecule has 186 valence electrons. The van der Waals surface area contributed by atoms with Gasteiger partial charge in [-0.2, -0.15) is 0 Å². The highest BCUT2D eigenvalue weighted by atomic mass is 32.2. The second-order valence-electron chi connectivity index (χ2n) is 8.28. The molecule has 2 aromatic carbocycles. The van der Waals surface area contributed by atoms with Crippen molar-refractivity contribution >= 4 is 17.7 Å². The zero-order valence-electron chi connectivity index (χ0n) is 19.9. The average molecular weight is 500 g/mol. The lowest BCUT2D eigenvalue weighted by atomic mass is 10.00. The Balaban J connectivity index is 1.72. The fraction of sp³-hybridized carbons (Fsp3) is 0.333. The lowest BCUT2D eigenvalue weighted by Gasteiger charge is -2.25. The second kappa shape index (κ2) is 13.3. The third-order valence-corrected chi connectivity index (χ3v) is 6.37. The molecule has 35 heavy (non-hydrogen) atoms. The van der Waals surface area contributed by atoms with Gasteiger partial charge in [0.1, 0.15) is 11.6 Å². The van der Waals surface area contributed by atoms with Crippen molar-refractivity contribution < 1.29 is 18.7 Å². The Bertz CT molecular complexity index is 1110. The molecule has 0 fully saturated rings. The Kier molecular flexibility index (Phi) is 10.2. The summed E-state index contributed by atoms with van der Waals surface area (Å²) in [5.41, 5.74) is 3.01. The number of aryl methyl sites for hydroxylation is 1. The topological polar surface area (TPSA) is 74.2 Å². The van der Waals surface area contributed by atoms with E-state index in [0.717, 1.165) is 28.7 Å². The fourth-order valence-corrected chi connectivity index (χ4v) is 4.45. The van der Waals surface area contributed by atoms with Crippen molar-refractivity contribution in [3.05, 3.63) is 94.8 Å². The molecule has 3 aromatic rings. The number of hydrogen-bond acceptors (Lipinski definition) is 5. The van der Waals surface area contributed by atoms with Crippen LogP contribution in [0, 0.1) is 11.6 Å². The molecule has 0 saturated heterocycles. The monoisotopic (exact) mass is 499 g/mol. The van der Waals surface area contributed by atoms with Crippen LogP contribution < -0.4 is 10.6 Å². The van der Waals surface area contributed by atoms with Gasteiger partial charge in [0.15, 0.2) is 0 Å². The predicted molar refractivity (Wildman–Crippen MR) is 135 cm³/mol. The van der Waals surface area contributed by atoms with Crippen LogP contribution in [0.1, 0.15) is 40.9 Å². The molecule has 1 heterocycles. The number of thioether (sulfide) groups is 1. The van der Waals surface area contributed by atoms with E-state index in [1.54, 1.807) is 24.0 Å². The molecule has 0 aliphatic rings. The summed E-state index contributed by atoms with van der Waals surface area (Å²) in [4.78, 5) is 18.0. The van der Waals surface area contributed by atoms with E-state index in [-0.39, 0.29) is 13.0 Å². The van der Waals surface area contributed by atoms with Crippen molar-refractivity contribution in [1.82, 2.24) is 15.6 Å². The standard InChI is InChI=1S/C27H31F2N3O2S/c1-3-18-6-5-7-19(8-18)14-30-17-26(33)25(11-20-9-22(28)13-23(29)10-20)32-27(34)21-12-24(35-4-2)16-31-15-21/h5-10,12-13,15-16,25-26,30,33H,3-4,11,14,17H2,1-2H3,(H,32,34). The van der Waals surface area contributed by atoms with E-state index < -0.39 is 29.7 Å². The molecular weight excluding hydrogens is 468 g/mol. The van der Waals surface area contributed by atoms with E-state index in [1.807, 2.05) is 19.1 Å². The molecule has 1 aromatic heterocycles. The van der Waals surface area contributed by atoms with Crippen LogP contribution in [-0.2, 0) is 19.4 Å². The summed E-state index contributed by atoms with van der Waals surface area (Å²) in [6.45, 7) is 4.82. The van der Waals surface area contributed by atoms with E-state index in [4.69, 9.17) is 0 Å². The van der Waals surface area contributed by atoms with E-state index in [1.165, 1.54) is 23.9 Å². The van der Waals surface area contributed by atoms with Crippen molar-refractivity contribution in [2.75, 3.05) is 12.3 Å². The van der Waals surface area contributed by atoms with Gasteiger partial charge in [-0.3, -0.25) is 9.78 Å². The Hall–Kier alpha value is -2.81. The molecule has 3 N–H and O–H groups in total. The van der Waals surface area contributed by atoms with E-state index in [0.29, 0.717) is 17.7 Å². The van der Waals surface area contributed by atoms with Crippen LogP contribution in [0.5, 0.6) is 0 Å². The number of amides is 1. The minimum Gasteiger partial charge on any atom is -0.390 e. The maximum Gasteiger partial charge on any atom is 0.253 e. The first kappa shape index (κ1) is 26.8. The Labute approximate surface area is 209 Å². The summed E-state index contributed by atoms with van der Waals surface area (Å²) in [5, 5.41) is 17.0. The van der Waals surface area contributed by atoms with Crippen molar-refractivity contribution in [2.24, 2.45) is 0 Å². The van der Waals surface area contributed by atoms with Crippen LogP contribution in [0.4, 0.5) is 8.78 Å². The Morgan fingerprint density at radius 3 is 2.49 bits per heavy atom. The first-order chi connectivity index (χ1) is 16.9. The molecule has 0 radical (unpaired) electrons. The quantitative estimate of drug-likeness (QED) is 0.320. The highest BCUT2D eigenvalue weighted by Gasteiger charge is 2.23. The second-order valence-corrected chi connectivity index (χ2v) is 9.61. The van der Waals surface area contributed by atoms with E-state index in [2.05, 4.69) is 34.7 Å². The average Bonchev–Trinajstić information content (AvgIpc) is 2.83. The largest absolute Gasteiger partial charge is 0.390 e. The molecular formula is C27H31F2N3O2S. The zero-order valence-corrected chi connectivity index (χ0v) is 20.7. The molecule has 3 rings (SSSR count). The van der Waals surface area contributed by atoms with E-state index >= 15 is 0 Å². The van der Waals surface area contributed by atoms with Crippen molar-refractivity contribution in [3.63, 3.8) is 0 Å². The number of aromatic nitrogens is 1. The Morgan fingerprint density at radius 2 is 1.77 bits per heavy atom. The molecule has 2 unspecified atom stereocenters. The van der Waals surface area contributed by atoms with Crippen molar-refractivity contribution in [2.45, 2.75) is 50.3 Å². The maximum absolute atomic E-state index is 13.8. The van der Waals surface area contributed by atoms with Crippen molar-refractivity contribution in [3.8, 4) is 0 Å². The summed E-state index contributed by atoms with van der Waals surface area (Å²) < 4.78 is 27.5. The van der Waals surface area contributed by atoms with Gasteiger partial charge in [0.05, 0.1) is 17.7 Å². The van der Waals surface area contributed by atoms with Gasteiger partial charge in [-0.1, -0.05) is 38.1 Å². The van der Waals surface area contributed by atoms with Gasteiger partial charge in [-0.05, 0) is 53.5 Å². The summed E-state index contributed by atoms with van der Waals surface area (Å²) in [6.07, 6.45) is 3.14. The molecule has 0 aliphatic carbocycles. The first-order valence-electron chi connectivity index (χ1n) is 11.7. The van der Waals surface area contributed by atoms with Crippen LogP contribution in [-0.4, -0.2) is 40.4 Å². The van der Waals surface area contributed by atoms with Gasteiger partial charge >= 0.3 is 0 Å². The lowest BCUT2D eigenvalue weighted by Crippen LogP contribution is -2.48. The van der Waals surface area contributed by atoms with Crippen LogP contribution in [0.2, 0.25) is 0 Å². The summed E-state index contributed by atoms with van der Waals surface area (Å²) >= 11 is 1.56. The number of aliphatic hydroxyl groups is 1. The van der Waals surface area contributed by atoms with Gasteiger partial charge in [0.25, 0.3) is 5.91 Å². The molecule has 0 spiro atoms. The SMILES string of the molecule is CCSc1cncc(C(=O)NC(Cc2cc(F)cc(F)c2)C(O)CNCc2cccc(CC)c2)c1. The lowest BCUT2D eigenvalue weighted by molar-refractivity contribution is 0.0829. The van der Waals surface area contributed by atoms with E-state index in [9.17, 15) is 18.7 Å². The predicted octanol–water partition coefficient (Wildman–Crippen LogP) is 4.53. The van der Waals surface area contributed by atoms with Crippen LogP contribution >= 0.6 is 11.8 Å². The van der Waals surface area contributed by atoms with Gasteiger partial charge in [0.2, 0.25) is 0 Å². The number of rotatable bonds is 12. The molecule has 2 atom stereocenters. The van der Waals surface area contributed by atoms with Gasteiger partial charge < -0.3 is 15.7 Å². The van der Waals surface area contributed by atoms with Gasteiger partial charge in [0, 0.05) is 36.4 Å². The summed E-state index contributed by atoms with van der Waals surface area (Å²) in [7, 11) is 0. The highest BCUT2D eigenvalue weighted by molar-refractivity contribution is 7.99.